The van der Waals surface area contributed by atoms with E-state index in [0.717, 1.165) is 11.3 Å². The van der Waals surface area contributed by atoms with Gasteiger partial charge in [0.25, 0.3) is 0 Å². The van der Waals surface area contributed by atoms with Crippen LogP contribution in [-0.2, 0) is 6.42 Å². The van der Waals surface area contributed by atoms with Gasteiger partial charge in [0, 0.05) is 37.1 Å². The van der Waals surface area contributed by atoms with Gasteiger partial charge in [-0.25, -0.2) is 24.7 Å². The molecule has 0 radical (unpaired) electrons. The molecule has 0 saturated heterocycles. The van der Waals surface area contributed by atoms with E-state index in [1.807, 2.05) is 6.92 Å². The second-order valence-corrected chi connectivity index (χ2v) is 4.57. The molecule has 102 valence electrons. The van der Waals surface area contributed by atoms with Gasteiger partial charge in [0.05, 0.1) is 11.7 Å². The average molecular weight is 271 g/mol. The molecule has 2 aromatic rings. The zero-order valence-electron chi connectivity index (χ0n) is 10.9. The molecule has 0 saturated carbocycles. The highest BCUT2D eigenvalue weighted by Crippen LogP contribution is 2.28. The molecule has 0 aromatic carbocycles. The van der Waals surface area contributed by atoms with Gasteiger partial charge < -0.3 is 10.0 Å². The highest BCUT2D eigenvalue weighted by Gasteiger charge is 2.28. The van der Waals surface area contributed by atoms with E-state index in [-0.39, 0.29) is 6.04 Å². The molecule has 1 atom stereocenters. The average Bonchev–Trinajstić information content (AvgIpc) is 2.48. The van der Waals surface area contributed by atoms with Crippen molar-refractivity contribution < 1.29 is 9.90 Å². The summed E-state index contributed by atoms with van der Waals surface area (Å²) in [5.74, 6) is 0.948. The molecule has 2 aromatic heterocycles. The van der Waals surface area contributed by atoms with E-state index in [4.69, 9.17) is 5.11 Å². The van der Waals surface area contributed by atoms with E-state index < -0.39 is 6.09 Å². The van der Waals surface area contributed by atoms with Crippen molar-refractivity contribution in [3.63, 3.8) is 0 Å². The smallest absolute Gasteiger partial charge is 0.407 e. The van der Waals surface area contributed by atoms with Crippen molar-refractivity contribution in [2.45, 2.75) is 19.4 Å². The zero-order chi connectivity index (χ0) is 14.1. The summed E-state index contributed by atoms with van der Waals surface area (Å²) in [5.41, 5.74) is 1.71. The molecule has 3 rings (SSSR count). The summed E-state index contributed by atoms with van der Waals surface area (Å²) in [6.07, 6.45) is 4.61. The minimum absolute atomic E-state index is 0.234. The Hall–Kier alpha value is -2.57. The maximum absolute atomic E-state index is 11.1. The molecular formula is C13H13N5O2. The molecule has 0 aliphatic carbocycles. The number of fused-ring (bicyclic) bond motifs is 1. The first-order valence-corrected chi connectivity index (χ1v) is 6.29. The fraction of sp³-hybridized carbons (Fsp3) is 0.308. The summed E-state index contributed by atoms with van der Waals surface area (Å²) >= 11 is 0. The number of amides is 1. The van der Waals surface area contributed by atoms with Gasteiger partial charge in [0.1, 0.15) is 0 Å². The molecule has 1 aliphatic heterocycles. The maximum Gasteiger partial charge on any atom is 0.407 e. The van der Waals surface area contributed by atoms with Crippen LogP contribution < -0.4 is 0 Å². The minimum Gasteiger partial charge on any atom is -0.465 e. The lowest BCUT2D eigenvalue weighted by atomic mass is 10.0. The van der Waals surface area contributed by atoms with Crippen LogP contribution in [0.15, 0.2) is 24.7 Å². The van der Waals surface area contributed by atoms with Crippen LogP contribution in [0.25, 0.3) is 11.6 Å². The van der Waals surface area contributed by atoms with Gasteiger partial charge in [0.2, 0.25) is 0 Å². The Bertz CT molecular complexity index is 646. The van der Waals surface area contributed by atoms with Crippen molar-refractivity contribution in [3.8, 4) is 11.6 Å². The van der Waals surface area contributed by atoms with Crippen molar-refractivity contribution in [2.24, 2.45) is 0 Å². The molecule has 1 aliphatic rings. The van der Waals surface area contributed by atoms with Crippen LogP contribution >= 0.6 is 0 Å². The highest BCUT2D eigenvalue weighted by molar-refractivity contribution is 5.66. The second-order valence-electron chi connectivity index (χ2n) is 4.57. The largest absolute Gasteiger partial charge is 0.465 e. The van der Waals surface area contributed by atoms with E-state index in [0.29, 0.717) is 24.6 Å². The van der Waals surface area contributed by atoms with E-state index in [1.165, 1.54) is 4.90 Å². The SMILES string of the molecule is CC1c2cnc(-c3ncccn3)nc2CCN1C(=O)O. The monoisotopic (exact) mass is 271 g/mol. The Morgan fingerprint density at radius 1 is 1.30 bits per heavy atom. The van der Waals surface area contributed by atoms with Crippen LogP contribution in [0.3, 0.4) is 0 Å². The third-order valence-electron chi connectivity index (χ3n) is 3.42. The van der Waals surface area contributed by atoms with Gasteiger partial charge in [-0.05, 0) is 13.0 Å². The third-order valence-corrected chi connectivity index (χ3v) is 3.42. The predicted octanol–water partition coefficient (Wildman–Crippen LogP) is 1.53. The van der Waals surface area contributed by atoms with Crippen LogP contribution in [-0.4, -0.2) is 42.6 Å². The Labute approximate surface area is 115 Å². The van der Waals surface area contributed by atoms with E-state index >= 15 is 0 Å². The lowest BCUT2D eigenvalue weighted by Gasteiger charge is -2.32. The Balaban J connectivity index is 1.98. The van der Waals surface area contributed by atoms with Crippen LogP contribution in [0, 0.1) is 0 Å². The van der Waals surface area contributed by atoms with Gasteiger partial charge in [-0.15, -0.1) is 0 Å². The first-order valence-electron chi connectivity index (χ1n) is 6.29. The van der Waals surface area contributed by atoms with Gasteiger partial charge in [-0.1, -0.05) is 0 Å². The molecule has 0 spiro atoms. The summed E-state index contributed by atoms with van der Waals surface area (Å²) in [6, 6.07) is 1.50. The number of carboxylic acid groups (broad SMARTS) is 1. The van der Waals surface area contributed by atoms with Gasteiger partial charge in [0.15, 0.2) is 11.6 Å². The summed E-state index contributed by atoms with van der Waals surface area (Å²) in [5, 5.41) is 9.13. The minimum atomic E-state index is -0.918. The lowest BCUT2D eigenvalue weighted by molar-refractivity contribution is 0.124. The molecule has 0 bridgehead atoms. The lowest BCUT2D eigenvalue weighted by Crippen LogP contribution is -2.38. The van der Waals surface area contributed by atoms with E-state index in [2.05, 4.69) is 19.9 Å². The van der Waals surface area contributed by atoms with Crippen LogP contribution in [0.5, 0.6) is 0 Å². The molecule has 3 heterocycles. The molecule has 1 unspecified atom stereocenters. The van der Waals surface area contributed by atoms with E-state index in [9.17, 15) is 4.79 Å². The van der Waals surface area contributed by atoms with Gasteiger partial charge in [-0.2, -0.15) is 0 Å². The zero-order valence-corrected chi connectivity index (χ0v) is 10.9. The van der Waals surface area contributed by atoms with Crippen molar-refractivity contribution in [3.05, 3.63) is 35.9 Å². The summed E-state index contributed by atoms with van der Waals surface area (Å²) in [6.45, 7) is 2.28. The normalized spacial score (nSPS) is 17.6. The van der Waals surface area contributed by atoms with Crippen LogP contribution in [0.4, 0.5) is 4.79 Å². The number of nitrogens with zero attached hydrogens (tertiary/aromatic N) is 5. The fourth-order valence-corrected chi connectivity index (χ4v) is 2.35. The Kier molecular flexibility index (Phi) is 3.02. The number of aromatic nitrogens is 4. The standard InChI is InChI=1S/C13H13N5O2/c1-8-9-7-16-12(11-14-4-2-5-15-11)17-10(9)3-6-18(8)13(19)20/h2,4-5,7-8H,3,6H2,1H3,(H,19,20). The van der Waals surface area contributed by atoms with Crippen molar-refractivity contribution >= 4 is 6.09 Å². The summed E-state index contributed by atoms with van der Waals surface area (Å²) in [4.78, 5) is 29.5. The quantitative estimate of drug-likeness (QED) is 0.845. The summed E-state index contributed by atoms with van der Waals surface area (Å²) in [7, 11) is 0. The Morgan fingerprint density at radius 3 is 2.75 bits per heavy atom. The third kappa shape index (κ3) is 2.07. The second kappa shape index (κ2) is 4.84. The maximum atomic E-state index is 11.1. The Morgan fingerprint density at radius 2 is 2.05 bits per heavy atom. The number of hydrogen-bond acceptors (Lipinski definition) is 5. The molecule has 1 amide bonds. The van der Waals surface area contributed by atoms with Crippen molar-refractivity contribution in [1.82, 2.24) is 24.8 Å². The van der Waals surface area contributed by atoms with Crippen molar-refractivity contribution in [2.75, 3.05) is 6.54 Å². The van der Waals surface area contributed by atoms with Gasteiger partial charge in [-0.3, -0.25) is 0 Å². The van der Waals surface area contributed by atoms with Crippen LogP contribution in [0.1, 0.15) is 24.2 Å². The molecule has 7 heteroatoms. The number of carbonyl (C=O) groups is 1. The topological polar surface area (TPSA) is 92.1 Å². The number of hydrogen-bond donors (Lipinski definition) is 1. The predicted molar refractivity (Wildman–Crippen MR) is 69.9 cm³/mol. The van der Waals surface area contributed by atoms with Gasteiger partial charge >= 0.3 is 6.09 Å². The first kappa shape index (κ1) is 12.5. The fourth-order valence-electron chi connectivity index (χ4n) is 2.35. The number of rotatable bonds is 1. The molecular weight excluding hydrogens is 258 g/mol. The first-order chi connectivity index (χ1) is 9.66. The van der Waals surface area contributed by atoms with Crippen LogP contribution in [0.2, 0.25) is 0 Å². The summed E-state index contributed by atoms with van der Waals surface area (Å²) < 4.78 is 0. The van der Waals surface area contributed by atoms with Crippen molar-refractivity contribution in [1.29, 1.82) is 0 Å². The molecule has 20 heavy (non-hydrogen) atoms. The molecule has 1 N–H and O–H groups in total. The molecule has 0 fully saturated rings. The van der Waals surface area contributed by atoms with E-state index in [1.54, 1.807) is 24.7 Å². The highest BCUT2D eigenvalue weighted by atomic mass is 16.4. The molecule has 7 nitrogen and oxygen atoms in total.